The molecule has 0 spiro atoms. The molecule has 0 bridgehead atoms. The lowest BCUT2D eigenvalue weighted by Gasteiger charge is -2.10. The molecule has 0 atom stereocenters. The van der Waals surface area contributed by atoms with Crippen LogP contribution in [0.3, 0.4) is 0 Å². The predicted molar refractivity (Wildman–Crippen MR) is 90.7 cm³/mol. The Balaban J connectivity index is 2.04. The van der Waals surface area contributed by atoms with Gasteiger partial charge in [0.1, 0.15) is 4.32 Å². The summed E-state index contributed by atoms with van der Waals surface area (Å²) in [6.45, 7) is 2.50. The van der Waals surface area contributed by atoms with Gasteiger partial charge in [-0.05, 0) is 31.4 Å². The van der Waals surface area contributed by atoms with Gasteiger partial charge in [0.15, 0.2) is 0 Å². The summed E-state index contributed by atoms with van der Waals surface area (Å²) in [6, 6.07) is 3.91. The molecular weight excluding hydrogens is 320 g/mol. The van der Waals surface area contributed by atoms with Crippen LogP contribution in [0.2, 0.25) is 0 Å². The van der Waals surface area contributed by atoms with E-state index in [2.05, 4.69) is 5.32 Å². The van der Waals surface area contributed by atoms with Gasteiger partial charge in [0, 0.05) is 18.4 Å². The second-order valence-corrected chi connectivity index (χ2v) is 6.65. The Bertz CT molecular complexity index is 634. The highest BCUT2D eigenvalue weighted by Crippen LogP contribution is 2.30. The zero-order valence-electron chi connectivity index (χ0n) is 12.3. The van der Waals surface area contributed by atoms with Crippen LogP contribution in [0.1, 0.15) is 31.9 Å². The van der Waals surface area contributed by atoms with E-state index in [0.29, 0.717) is 10.9 Å². The molecule has 0 saturated carbocycles. The third-order valence-corrected chi connectivity index (χ3v) is 4.86. The number of hydrogen-bond donors (Lipinski definition) is 2. The first-order valence-corrected chi connectivity index (χ1v) is 8.34. The number of nitrogens with one attached hydrogen (secondary N) is 1. The average molecular weight is 338 g/mol. The zero-order valence-corrected chi connectivity index (χ0v) is 13.9. The second-order valence-electron chi connectivity index (χ2n) is 4.97. The molecular formula is C15H18N2O3S2. The lowest BCUT2D eigenvalue weighted by Crippen LogP contribution is -2.18. The SMILES string of the molecule is CC/C(CCc1cccn1CCC(=O)O)=C1\SC(=S)NC1=O. The van der Waals surface area contributed by atoms with Crippen LogP contribution in [0.25, 0.3) is 0 Å². The molecule has 1 amide bonds. The number of aliphatic carboxylic acids is 1. The van der Waals surface area contributed by atoms with Crippen molar-refractivity contribution >= 4 is 40.2 Å². The third-order valence-electron chi connectivity index (χ3n) is 3.54. The Morgan fingerprint density at radius 1 is 1.45 bits per heavy atom. The van der Waals surface area contributed by atoms with Gasteiger partial charge in [0.2, 0.25) is 0 Å². The molecule has 2 heterocycles. The van der Waals surface area contributed by atoms with Crippen LogP contribution in [0.5, 0.6) is 0 Å². The number of thiocarbonyl (C=S) groups is 1. The largest absolute Gasteiger partial charge is 0.481 e. The maximum atomic E-state index is 11.8. The molecule has 1 aliphatic rings. The number of carbonyl (C=O) groups is 2. The Morgan fingerprint density at radius 3 is 2.82 bits per heavy atom. The van der Waals surface area contributed by atoms with Crippen molar-refractivity contribution in [3.05, 3.63) is 34.5 Å². The summed E-state index contributed by atoms with van der Waals surface area (Å²) < 4.78 is 2.47. The summed E-state index contributed by atoms with van der Waals surface area (Å²) in [5.74, 6) is -0.906. The molecule has 0 radical (unpaired) electrons. The van der Waals surface area contributed by atoms with E-state index in [1.807, 2.05) is 29.8 Å². The van der Waals surface area contributed by atoms with Crippen LogP contribution in [0.15, 0.2) is 28.8 Å². The molecule has 2 rings (SSSR count). The topological polar surface area (TPSA) is 71.3 Å². The third kappa shape index (κ3) is 4.20. The number of rotatable bonds is 7. The first-order valence-electron chi connectivity index (χ1n) is 7.12. The van der Waals surface area contributed by atoms with Crippen molar-refractivity contribution in [2.75, 3.05) is 0 Å². The normalized spacial score (nSPS) is 16.8. The molecule has 0 unspecified atom stereocenters. The average Bonchev–Trinajstić information content (AvgIpc) is 3.04. The zero-order chi connectivity index (χ0) is 16.1. The monoisotopic (exact) mass is 338 g/mol. The summed E-state index contributed by atoms with van der Waals surface area (Å²) in [5, 5.41) is 11.4. The number of amides is 1. The summed E-state index contributed by atoms with van der Waals surface area (Å²) in [6.07, 6.45) is 4.35. The fourth-order valence-electron chi connectivity index (χ4n) is 2.39. The summed E-state index contributed by atoms with van der Waals surface area (Å²) in [5.41, 5.74) is 2.17. The standard InChI is InChI=1S/C15H18N2O3S2/c1-2-10(13-14(20)16-15(21)22-13)5-6-11-4-3-8-17(11)9-7-12(18)19/h3-4,8H,2,5-7,9H2,1H3,(H,18,19)(H,16,20,21)/b13-10+. The lowest BCUT2D eigenvalue weighted by atomic mass is 10.1. The minimum absolute atomic E-state index is 0.104. The predicted octanol–water partition coefficient (Wildman–Crippen LogP) is 2.71. The number of nitrogens with zero attached hydrogens (tertiary/aromatic N) is 1. The molecule has 1 fully saturated rings. The Morgan fingerprint density at radius 2 is 2.23 bits per heavy atom. The number of carboxylic acid groups (broad SMARTS) is 1. The maximum Gasteiger partial charge on any atom is 0.305 e. The van der Waals surface area contributed by atoms with Gasteiger partial charge in [-0.25, -0.2) is 0 Å². The van der Waals surface area contributed by atoms with Gasteiger partial charge in [-0.15, -0.1) is 0 Å². The highest BCUT2D eigenvalue weighted by Gasteiger charge is 2.25. The molecule has 0 aromatic carbocycles. The second kappa shape index (κ2) is 7.60. The van der Waals surface area contributed by atoms with Gasteiger partial charge in [-0.2, -0.15) is 0 Å². The maximum absolute atomic E-state index is 11.8. The fourth-order valence-corrected chi connectivity index (χ4v) is 3.59. The number of carbonyl (C=O) groups excluding carboxylic acids is 1. The molecule has 0 aliphatic carbocycles. The van der Waals surface area contributed by atoms with Crippen molar-refractivity contribution in [2.45, 2.75) is 39.2 Å². The van der Waals surface area contributed by atoms with E-state index >= 15 is 0 Å². The summed E-state index contributed by atoms with van der Waals surface area (Å²) in [4.78, 5) is 23.2. The molecule has 1 aliphatic heterocycles. The fraction of sp³-hybridized carbons (Fsp3) is 0.400. The van der Waals surface area contributed by atoms with E-state index in [0.717, 1.165) is 35.4 Å². The molecule has 1 saturated heterocycles. The Kier molecular flexibility index (Phi) is 5.79. The van der Waals surface area contributed by atoms with Gasteiger partial charge < -0.3 is 15.0 Å². The van der Waals surface area contributed by atoms with Crippen molar-refractivity contribution in [3.8, 4) is 0 Å². The van der Waals surface area contributed by atoms with Gasteiger partial charge >= 0.3 is 5.97 Å². The van der Waals surface area contributed by atoms with Gasteiger partial charge in [-0.1, -0.05) is 36.5 Å². The number of aryl methyl sites for hydroxylation is 2. The Labute approximate surface area is 138 Å². The van der Waals surface area contributed by atoms with Gasteiger partial charge in [0.05, 0.1) is 11.3 Å². The van der Waals surface area contributed by atoms with Crippen LogP contribution < -0.4 is 5.32 Å². The number of thioether (sulfide) groups is 1. The highest BCUT2D eigenvalue weighted by molar-refractivity contribution is 8.26. The van der Waals surface area contributed by atoms with Crippen molar-refractivity contribution in [2.24, 2.45) is 0 Å². The first-order chi connectivity index (χ1) is 10.5. The highest BCUT2D eigenvalue weighted by atomic mass is 32.2. The van der Waals surface area contributed by atoms with E-state index in [1.54, 1.807) is 0 Å². The van der Waals surface area contributed by atoms with E-state index in [4.69, 9.17) is 17.3 Å². The van der Waals surface area contributed by atoms with Crippen molar-refractivity contribution in [1.82, 2.24) is 9.88 Å². The van der Waals surface area contributed by atoms with E-state index in [9.17, 15) is 9.59 Å². The molecule has 118 valence electrons. The van der Waals surface area contributed by atoms with Crippen molar-refractivity contribution in [3.63, 3.8) is 0 Å². The minimum Gasteiger partial charge on any atom is -0.481 e. The summed E-state index contributed by atoms with van der Waals surface area (Å²) >= 11 is 6.35. The van der Waals surface area contributed by atoms with Crippen molar-refractivity contribution < 1.29 is 14.7 Å². The molecule has 5 nitrogen and oxygen atoms in total. The van der Waals surface area contributed by atoms with E-state index in [1.165, 1.54) is 11.8 Å². The number of aromatic nitrogens is 1. The summed E-state index contributed by atoms with van der Waals surface area (Å²) in [7, 11) is 0. The first kappa shape index (κ1) is 16.8. The van der Waals surface area contributed by atoms with Gasteiger partial charge in [0.25, 0.3) is 5.91 Å². The van der Waals surface area contributed by atoms with Crippen LogP contribution in [0.4, 0.5) is 0 Å². The lowest BCUT2D eigenvalue weighted by molar-refractivity contribution is -0.137. The number of allylic oxidation sites excluding steroid dienone is 1. The number of carboxylic acids is 1. The molecule has 1 aromatic rings. The molecule has 22 heavy (non-hydrogen) atoms. The van der Waals surface area contributed by atoms with E-state index in [-0.39, 0.29) is 12.3 Å². The quantitative estimate of drug-likeness (QED) is 0.591. The molecule has 2 N–H and O–H groups in total. The minimum atomic E-state index is -0.802. The molecule has 7 heteroatoms. The molecule has 1 aromatic heterocycles. The number of hydrogen-bond acceptors (Lipinski definition) is 4. The van der Waals surface area contributed by atoms with Crippen molar-refractivity contribution in [1.29, 1.82) is 0 Å². The van der Waals surface area contributed by atoms with Gasteiger partial charge in [-0.3, -0.25) is 9.59 Å². The smallest absolute Gasteiger partial charge is 0.305 e. The van der Waals surface area contributed by atoms with Crippen LogP contribution >= 0.6 is 24.0 Å². The van der Waals surface area contributed by atoms with Crippen LogP contribution in [-0.2, 0) is 22.6 Å². The van der Waals surface area contributed by atoms with Crippen LogP contribution in [0, 0.1) is 0 Å². The van der Waals surface area contributed by atoms with Crippen LogP contribution in [-0.4, -0.2) is 25.9 Å². The Hall–Kier alpha value is -1.60. The van der Waals surface area contributed by atoms with E-state index < -0.39 is 5.97 Å².